The third-order valence-electron chi connectivity index (χ3n) is 4.41. The quantitative estimate of drug-likeness (QED) is 0.451. The van der Waals surface area contributed by atoms with E-state index in [0.717, 1.165) is 5.75 Å². The summed E-state index contributed by atoms with van der Waals surface area (Å²) < 4.78 is 20.1. The van der Waals surface area contributed by atoms with Gasteiger partial charge in [0.15, 0.2) is 5.16 Å². The summed E-state index contributed by atoms with van der Waals surface area (Å²) in [7, 11) is 1.79. The lowest BCUT2D eigenvalue weighted by atomic mass is 10.2. The van der Waals surface area contributed by atoms with Crippen LogP contribution in [0.15, 0.2) is 53.7 Å². The van der Waals surface area contributed by atoms with Crippen LogP contribution in [0.5, 0.6) is 5.75 Å². The molecule has 0 atom stereocenters. The Balaban J connectivity index is 1.45. The van der Waals surface area contributed by atoms with Crippen LogP contribution in [0, 0.1) is 5.82 Å². The molecule has 3 rings (SSSR count). The molecular formula is C22H24FN5O3S. The molecule has 8 nitrogen and oxygen atoms in total. The summed E-state index contributed by atoms with van der Waals surface area (Å²) in [6.45, 7) is 2.49. The Kier molecular flexibility index (Phi) is 8.20. The number of nitrogens with zero attached hydrogens (tertiary/aromatic N) is 3. The van der Waals surface area contributed by atoms with Crippen LogP contribution < -0.4 is 15.4 Å². The highest BCUT2D eigenvalue weighted by molar-refractivity contribution is 7.99. The minimum Gasteiger partial charge on any atom is -0.494 e. The first kappa shape index (κ1) is 23.3. The fourth-order valence-corrected chi connectivity index (χ4v) is 3.53. The van der Waals surface area contributed by atoms with Gasteiger partial charge in [-0.15, -0.1) is 10.2 Å². The van der Waals surface area contributed by atoms with Gasteiger partial charge in [0, 0.05) is 31.3 Å². The van der Waals surface area contributed by atoms with Crippen molar-refractivity contribution in [1.29, 1.82) is 0 Å². The molecule has 0 aliphatic heterocycles. The number of hydrogen-bond acceptors (Lipinski definition) is 6. The van der Waals surface area contributed by atoms with E-state index in [1.165, 1.54) is 36.0 Å². The average molecular weight is 458 g/mol. The van der Waals surface area contributed by atoms with Gasteiger partial charge in [-0.2, -0.15) is 0 Å². The summed E-state index contributed by atoms with van der Waals surface area (Å²) >= 11 is 1.26. The van der Waals surface area contributed by atoms with Gasteiger partial charge in [0.1, 0.15) is 17.4 Å². The van der Waals surface area contributed by atoms with E-state index in [1.54, 1.807) is 35.9 Å². The van der Waals surface area contributed by atoms with Crippen LogP contribution in [-0.2, 0) is 23.1 Å². The van der Waals surface area contributed by atoms with E-state index in [2.05, 4.69) is 20.8 Å². The molecule has 0 bridgehead atoms. The van der Waals surface area contributed by atoms with Crippen LogP contribution in [0.3, 0.4) is 0 Å². The van der Waals surface area contributed by atoms with E-state index in [0.29, 0.717) is 35.4 Å². The summed E-state index contributed by atoms with van der Waals surface area (Å²) in [5.74, 6) is 0.822. The Morgan fingerprint density at radius 3 is 2.28 bits per heavy atom. The molecule has 0 aliphatic carbocycles. The van der Waals surface area contributed by atoms with Gasteiger partial charge in [0.2, 0.25) is 11.8 Å². The standard InChI is InChI=1S/C22H24FN5O3S/c1-3-31-18-10-8-17(9-11-18)25-21(30)14-32-22-27-26-19(28(22)2)12-13-20(29)24-16-6-4-15(23)5-7-16/h4-11H,3,12-14H2,1-2H3,(H,24,29)(H,25,30). The second-order valence-corrected chi connectivity index (χ2v) is 7.75. The molecule has 0 saturated carbocycles. The van der Waals surface area contributed by atoms with E-state index >= 15 is 0 Å². The minimum atomic E-state index is -0.361. The second-order valence-electron chi connectivity index (χ2n) is 6.81. The van der Waals surface area contributed by atoms with Crippen molar-refractivity contribution in [3.05, 3.63) is 60.2 Å². The number of aromatic nitrogens is 3. The highest BCUT2D eigenvalue weighted by Gasteiger charge is 2.13. The Morgan fingerprint density at radius 1 is 1.00 bits per heavy atom. The topological polar surface area (TPSA) is 98.1 Å². The molecule has 0 spiro atoms. The van der Waals surface area contributed by atoms with E-state index in [4.69, 9.17) is 4.74 Å². The van der Waals surface area contributed by atoms with Gasteiger partial charge in [-0.25, -0.2) is 4.39 Å². The molecule has 32 heavy (non-hydrogen) atoms. The van der Waals surface area contributed by atoms with Gasteiger partial charge in [0.25, 0.3) is 0 Å². The van der Waals surface area contributed by atoms with Gasteiger partial charge >= 0.3 is 0 Å². The Labute approximate surface area is 189 Å². The van der Waals surface area contributed by atoms with Crippen LogP contribution in [0.4, 0.5) is 15.8 Å². The Bertz CT molecular complexity index is 1050. The zero-order chi connectivity index (χ0) is 22.9. The molecule has 0 fully saturated rings. The molecular weight excluding hydrogens is 433 g/mol. The number of amides is 2. The van der Waals surface area contributed by atoms with Crippen LogP contribution in [0.2, 0.25) is 0 Å². The van der Waals surface area contributed by atoms with Gasteiger partial charge < -0.3 is 19.9 Å². The first-order valence-electron chi connectivity index (χ1n) is 10.0. The molecule has 0 aliphatic rings. The number of carbonyl (C=O) groups is 2. The number of hydrogen-bond donors (Lipinski definition) is 2. The zero-order valence-corrected chi connectivity index (χ0v) is 18.6. The SMILES string of the molecule is CCOc1ccc(NC(=O)CSc2nnc(CCC(=O)Nc3ccc(F)cc3)n2C)cc1. The molecule has 0 saturated heterocycles. The summed E-state index contributed by atoms with van der Waals surface area (Å²) in [6.07, 6.45) is 0.585. The predicted molar refractivity (Wildman–Crippen MR) is 121 cm³/mol. The largest absolute Gasteiger partial charge is 0.494 e. The molecule has 2 amide bonds. The maximum Gasteiger partial charge on any atom is 0.234 e. The highest BCUT2D eigenvalue weighted by Crippen LogP contribution is 2.19. The Hall–Kier alpha value is -3.40. The molecule has 10 heteroatoms. The summed E-state index contributed by atoms with van der Waals surface area (Å²) in [5.41, 5.74) is 1.22. The number of aryl methyl sites for hydroxylation is 1. The monoisotopic (exact) mass is 457 g/mol. The lowest BCUT2D eigenvalue weighted by molar-refractivity contribution is -0.116. The number of benzene rings is 2. The molecule has 3 aromatic rings. The van der Waals surface area contributed by atoms with Crippen molar-refractivity contribution in [2.45, 2.75) is 24.9 Å². The first-order valence-corrected chi connectivity index (χ1v) is 11.0. The minimum absolute atomic E-state index is 0.164. The lowest BCUT2D eigenvalue weighted by Gasteiger charge is -2.07. The van der Waals surface area contributed by atoms with Crippen molar-refractivity contribution in [3.8, 4) is 5.75 Å². The number of nitrogens with one attached hydrogen (secondary N) is 2. The summed E-state index contributed by atoms with van der Waals surface area (Å²) in [4.78, 5) is 24.3. The van der Waals surface area contributed by atoms with Crippen LogP contribution in [0.25, 0.3) is 0 Å². The molecule has 0 radical (unpaired) electrons. The summed E-state index contributed by atoms with van der Waals surface area (Å²) in [6, 6.07) is 12.7. The maximum atomic E-state index is 12.9. The number of ether oxygens (including phenoxy) is 1. The number of rotatable bonds is 10. The summed E-state index contributed by atoms with van der Waals surface area (Å²) in [5, 5.41) is 14.3. The normalized spacial score (nSPS) is 10.6. The number of halogens is 1. The van der Waals surface area contributed by atoms with Crippen molar-refractivity contribution in [1.82, 2.24) is 14.8 Å². The molecule has 0 unspecified atom stereocenters. The van der Waals surface area contributed by atoms with Crippen LogP contribution >= 0.6 is 11.8 Å². The van der Waals surface area contributed by atoms with Crippen molar-refractivity contribution in [2.24, 2.45) is 7.05 Å². The third-order valence-corrected chi connectivity index (χ3v) is 5.43. The fourth-order valence-electron chi connectivity index (χ4n) is 2.80. The Morgan fingerprint density at radius 2 is 1.62 bits per heavy atom. The number of thioether (sulfide) groups is 1. The first-order chi connectivity index (χ1) is 15.4. The van der Waals surface area contributed by atoms with Gasteiger partial charge in [-0.05, 0) is 55.5 Å². The van der Waals surface area contributed by atoms with Crippen molar-refractivity contribution < 1.29 is 18.7 Å². The number of anilines is 2. The van der Waals surface area contributed by atoms with Gasteiger partial charge in [0.05, 0.1) is 12.4 Å². The zero-order valence-electron chi connectivity index (χ0n) is 17.8. The smallest absolute Gasteiger partial charge is 0.234 e. The molecule has 2 N–H and O–H groups in total. The van der Waals surface area contributed by atoms with Crippen molar-refractivity contribution in [2.75, 3.05) is 23.0 Å². The van der Waals surface area contributed by atoms with E-state index in [9.17, 15) is 14.0 Å². The second kappa shape index (κ2) is 11.3. The van der Waals surface area contributed by atoms with Crippen molar-refractivity contribution >= 4 is 35.0 Å². The van der Waals surface area contributed by atoms with E-state index < -0.39 is 0 Å². The maximum absolute atomic E-state index is 12.9. The molecule has 1 aromatic heterocycles. The van der Waals surface area contributed by atoms with E-state index in [-0.39, 0.29) is 29.8 Å². The predicted octanol–water partition coefficient (Wildman–Crippen LogP) is 3.66. The van der Waals surface area contributed by atoms with Gasteiger partial charge in [-0.3, -0.25) is 9.59 Å². The van der Waals surface area contributed by atoms with Gasteiger partial charge in [-0.1, -0.05) is 11.8 Å². The fraction of sp³-hybridized carbons (Fsp3) is 0.273. The lowest BCUT2D eigenvalue weighted by Crippen LogP contribution is -2.15. The number of carbonyl (C=O) groups excluding carboxylic acids is 2. The van der Waals surface area contributed by atoms with E-state index in [1.807, 2.05) is 6.92 Å². The highest BCUT2D eigenvalue weighted by atomic mass is 32.2. The average Bonchev–Trinajstić information content (AvgIpc) is 3.13. The molecule has 2 aromatic carbocycles. The van der Waals surface area contributed by atoms with Crippen molar-refractivity contribution in [3.63, 3.8) is 0 Å². The van der Waals surface area contributed by atoms with Crippen LogP contribution in [-0.4, -0.2) is 38.9 Å². The third kappa shape index (κ3) is 6.81. The molecule has 1 heterocycles. The molecule has 168 valence electrons. The van der Waals surface area contributed by atoms with Crippen LogP contribution in [0.1, 0.15) is 19.2 Å².